The number of carbonyl (C=O) groups excluding carboxylic acids is 1. The molecule has 0 spiro atoms. The number of hydrogen-bond donors (Lipinski definition) is 1. The first-order chi connectivity index (χ1) is 11.1. The van der Waals surface area contributed by atoms with Crippen molar-refractivity contribution in [2.24, 2.45) is 16.8 Å². The van der Waals surface area contributed by atoms with E-state index in [9.17, 15) is 9.18 Å². The van der Waals surface area contributed by atoms with Crippen LogP contribution in [0.5, 0.6) is 0 Å². The fourth-order valence-corrected chi connectivity index (χ4v) is 2.42. The van der Waals surface area contributed by atoms with Crippen molar-refractivity contribution in [3.63, 3.8) is 0 Å². The molecule has 1 atom stereocenters. The highest BCUT2D eigenvalue weighted by molar-refractivity contribution is 6.06. The summed E-state index contributed by atoms with van der Waals surface area (Å²) < 4.78 is 13.7. The lowest BCUT2D eigenvalue weighted by atomic mass is 9.96. The molecule has 0 saturated heterocycles. The third-order valence-electron chi connectivity index (χ3n) is 3.65. The molecule has 3 rings (SSSR count). The molecule has 1 aliphatic rings. The smallest absolute Gasteiger partial charge is 0.151 e. The van der Waals surface area contributed by atoms with E-state index in [0.29, 0.717) is 5.56 Å². The molecule has 23 heavy (non-hydrogen) atoms. The number of benzene rings is 2. The molecule has 1 aliphatic heterocycles. The first-order valence-electron chi connectivity index (χ1n) is 7.28. The Labute approximate surface area is 133 Å². The maximum absolute atomic E-state index is 13.7. The molecule has 116 valence electrons. The molecule has 0 bridgehead atoms. The van der Waals surface area contributed by atoms with Gasteiger partial charge >= 0.3 is 0 Å². The fraction of sp³-hybridized carbons (Fsp3) is 0.111. The molecular formula is C18H16FN3O. The molecule has 5 heteroatoms. The van der Waals surface area contributed by atoms with Gasteiger partial charge in [-0.2, -0.15) is 5.10 Å². The largest absolute Gasteiger partial charge is 0.385 e. The van der Waals surface area contributed by atoms with Crippen LogP contribution in [0.3, 0.4) is 0 Å². The topological polar surface area (TPSA) is 58.7 Å². The summed E-state index contributed by atoms with van der Waals surface area (Å²) in [7, 11) is 0. The zero-order chi connectivity index (χ0) is 16.2. The second-order valence-electron chi connectivity index (χ2n) is 5.26. The molecular weight excluding hydrogens is 293 g/mol. The number of para-hydroxylation sites is 1. The summed E-state index contributed by atoms with van der Waals surface area (Å²) in [4.78, 5) is 12.4. The lowest BCUT2D eigenvalue weighted by Crippen LogP contribution is -2.35. The van der Waals surface area contributed by atoms with E-state index in [1.807, 2.05) is 30.3 Å². The van der Waals surface area contributed by atoms with Gasteiger partial charge in [-0.1, -0.05) is 36.4 Å². The van der Waals surface area contributed by atoms with Gasteiger partial charge in [0.15, 0.2) is 5.78 Å². The molecule has 2 aromatic carbocycles. The summed E-state index contributed by atoms with van der Waals surface area (Å²) in [5.74, 6) is -0.991. The summed E-state index contributed by atoms with van der Waals surface area (Å²) in [6.45, 7) is 0. The molecule has 0 aliphatic carbocycles. The summed E-state index contributed by atoms with van der Waals surface area (Å²) in [5, 5.41) is 5.86. The van der Waals surface area contributed by atoms with Gasteiger partial charge in [0.05, 0.1) is 11.6 Å². The van der Waals surface area contributed by atoms with Crippen molar-refractivity contribution < 1.29 is 9.18 Å². The van der Waals surface area contributed by atoms with Crippen molar-refractivity contribution in [2.75, 3.05) is 5.01 Å². The van der Waals surface area contributed by atoms with Crippen molar-refractivity contribution in [2.45, 2.75) is 6.42 Å². The zero-order valence-electron chi connectivity index (χ0n) is 12.4. The van der Waals surface area contributed by atoms with Gasteiger partial charge in [-0.3, -0.25) is 4.79 Å². The molecule has 0 amide bonds. The van der Waals surface area contributed by atoms with E-state index in [4.69, 9.17) is 5.73 Å². The SMILES string of the molecule is NC1=NN(c2ccccc2)C=CC1C(=O)Cc1ccccc1F. The van der Waals surface area contributed by atoms with Crippen LogP contribution in [0.1, 0.15) is 5.56 Å². The van der Waals surface area contributed by atoms with E-state index in [1.54, 1.807) is 35.5 Å². The Bertz CT molecular complexity index is 771. The number of hydrazone groups is 1. The van der Waals surface area contributed by atoms with Crippen molar-refractivity contribution in [1.82, 2.24) is 0 Å². The molecule has 1 unspecified atom stereocenters. The van der Waals surface area contributed by atoms with Crippen LogP contribution in [0.25, 0.3) is 0 Å². The summed E-state index contributed by atoms with van der Waals surface area (Å²) >= 11 is 0. The Morgan fingerprint density at radius 1 is 1.13 bits per heavy atom. The van der Waals surface area contributed by atoms with Crippen molar-refractivity contribution in [3.05, 3.63) is 78.3 Å². The number of carbonyl (C=O) groups is 1. The standard InChI is InChI=1S/C18H16FN3O/c19-16-9-5-4-6-13(16)12-17(23)15-10-11-22(21-18(15)20)14-7-2-1-3-8-14/h1-11,15H,12H2,(H2,20,21). The van der Waals surface area contributed by atoms with Gasteiger partial charge in [0.1, 0.15) is 11.7 Å². The predicted octanol–water partition coefficient (Wildman–Crippen LogP) is 2.86. The molecule has 2 N–H and O–H groups in total. The van der Waals surface area contributed by atoms with Gasteiger partial charge in [0.2, 0.25) is 0 Å². The van der Waals surface area contributed by atoms with Crippen LogP contribution in [-0.2, 0) is 11.2 Å². The third-order valence-corrected chi connectivity index (χ3v) is 3.65. The highest BCUT2D eigenvalue weighted by Crippen LogP contribution is 2.20. The van der Waals surface area contributed by atoms with Crippen molar-refractivity contribution >= 4 is 17.3 Å². The van der Waals surface area contributed by atoms with Gasteiger partial charge in [0.25, 0.3) is 0 Å². The van der Waals surface area contributed by atoms with Crippen LogP contribution in [-0.4, -0.2) is 11.6 Å². The Hall–Kier alpha value is -2.95. The summed E-state index contributed by atoms with van der Waals surface area (Å²) in [6, 6.07) is 15.7. The highest BCUT2D eigenvalue weighted by Gasteiger charge is 2.24. The Balaban J connectivity index is 1.74. The Morgan fingerprint density at radius 3 is 2.52 bits per heavy atom. The van der Waals surface area contributed by atoms with E-state index < -0.39 is 5.92 Å². The maximum Gasteiger partial charge on any atom is 0.151 e. The summed E-state index contributed by atoms with van der Waals surface area (Å²) in [6.07, 6.45) is 3.39. The maximum atomic E-state index is 13.7. The van der Waals surface area contributed by atoms with Gasteiger partial charge in [-0.15, -0.1) is 0 Å². The Kier molecular flexibility index (Phi) is 4.19. The monoisotopic (exact) mass is 309 g/mol. The number of halogens is 1. The first-order valence-corrected chi connectivity index (χ1v) is 7.28. The van der Waals surface area contributed by atoms with E-state index in [1.165, 1.54) is 6.07 Å². The number of nitrogens with zero attached hydrogens (tertiary/aromatic N) is 2. The van der Waals surface area contributed by atoms with Gasteiger partial charge < -0.3 is 5.73 Å². The second-order valence-corrected chi connectivity index (χ2v) is 5.26. The fourth-order valence-electron chi connectivity index (χ4n) is 2.42. The average molecular weight is 309 g/mol. The molecule has 4 nitrogen and oxygen atoms in total. The lowest BCUT2D eigenvalue weighted by molar-refractivity contribution is -0.119. The average Bonchev–Trinajstić information content (AvgIpc) is 2.57. The lowest BCUT2D eigenvalue weighted by Gasteiger charge is -2.23. The zero-order valence-corrected chi connectivity index (χ0v) is 12.4. The van der Waals surface area contributed by atoms with Gasteiger partial charge in [-0.05, 0) is 29.8 Å². The van der Waals surface area contributed by atoms with Crippen molar-refractivity contribution in [1.29, 1.82) is 0 Å². The first kappa shape index (κ1) is 15.0. The number of hydrogen-bond acceptors (Lipinski definition) is 4. The van der Waals surface area contributed by atoms with Crippen LogP contribution >= 0.6 is 0 Å². The van der Waals surface area contributed by atoms with E-state index in [2.05, 4.69) is 5.10 Å². The van der Waals surface area contributed by atoms with Gasteiger partial charge in [0, 0.05) is 12.6 Å². The molecule has 0 radical (unpaired) electrons. The van der Waals surface area contributed by atoms with Gasteiger partial charge in [-0.25, -0.2) is 9.40 Å². The summed E-state index contributed by atoms with van der Waals surface area (Å²) in [5.41, 5.74) is 7.16. The Morgan fingerprint density at radius 2 is 1.83 bits per heavy atom. The molecule has 2 aromatic rings. The minimum atomic E-state index is -0.630. The second kappa shape index (κ2) is 6.44. The number of amidine groups is 1. The van der Waals surface area contributed by atoms with Crippen molar-refractivity contribution in [3.8, 4) is 0 Å². The minimum absolute atomic E-state index is 0.0107. The van der Waals surface area contributed by atoms with E-state index in [-0.39, 0.29) is 23.9 Å². The molecule has 0 saturated carbocycles. The normalized spacial score (nSPS) is 17.0. The highest BCUT2D eigenvalue weighted by atomic mass is 19.1. The number of ketones is 1. The van der Waals surface area contributed by atoms with Crippen LogP contribution in [0.15, 0.2) is 72.0 Å². The number of anilines is 1. The molecule has 0 fully saturated rings. The van der Waals surface area contributed by atoms with Crippen LogP contribution in [0.2, 0.25) is 0 Å². The van der Waals surface area contributed by atoms with Crippen LogP contribution in [0.4, 0.5) is 10.1 Å². The van der Waals surface area contributed by atoms with Crippen LogP contribution < -0.4 is 10.7 Å². The van der Waals surface area contributed by atoms with Crippen LogP contribution in [0, 0.1) is 11.7 Å². The number of Topliss-reactive ketones (excluding diaryl/α,β-unsaturated/α-hetero) is 1. The molecule has 0 aromatic heterocycles. The molecule has 1 heterocycles. The van der Waals surface area contributed by atoms with E-state index >= 15 is 0 Å². The van der Waals surface area contributed by atoms with E-state index in [0.717, 1.165) is 5.69 Å². The number of rotatable bonds is 4. The third kappa shape index (κ3) is 3.29. The quantitative estimate of drug-likeness (QED) is 0.945. The number of nitrogens with two attached hydrogens (primary N) is 1. The predicted molar refractivity (Wildman–Crippen MR) is 88.3 cm³/mol. The minimum Gasteiger partial charge on any atom is -0.385 e.